The van der Waals surface area contributed by atoms with Crippen molar-refractivity contribution in [1.82, 2.24) is 9.97 Å². The second-order valence-electron chi connectivity index (χ2n) is 7.29. The highest BCUT2D eigenvalue weighted by Gasteiger charge is 2.22. The molecule has 1 aliphatic rings. The molecule has 0 aliphatic heterocycles. The van der Waals surface area contributed by atoms with E-state index in [4.69, 9.17) is 4.74 Å². The third-order valence-corrected chi connectivity index (χ3v) is 4.90. The number of benzene rings is 2. The minimum atomic E-state index is -0.925. The van der Waals surface area contributed by atoms with Crippen molar-refractivity contribution in [3.05, 3.63) is 72.6 Å². The topological polar surface area (TPSA) is 84.3 Å². The third kappa shape index (κ3) is 5.31. The molecule has 2 aromatic carbocycles. The highest BCUT2D eigenvalue weighted by molar-refractivity contribution is 5.77. The SMILES string of the molecule is O=C(O)C(Cc1ccccc1)Nc1cc(-c2ccc(OCC3CC3)cc2)ncn1. The van der Waals surface area contributed by atoms with Crippen LogP contribution in [0.25, 0.3) is 11.3 Å². The Balaban J connectivity index is 1.44. The molecule has 6 heteroatoms. The Bertz CT molecular complexity index is 957. The molecular weight excluding hydrogens is 366 g/mol. The first-order valence-electron chi connectivity index (χ1n) is 9.76. The molecule has 0 spiro atoms. The van der Waals surface area contributed by atoms with E-state index in [9.17, 15) is 9.90 Å². The molecule has 1 heterocycles. The van der Waals surface area contributed by atoms with Gasteiger partial charge in [0, 0.05) is 18.1 Å². The lowest BCUT2D eigenvalue weighted by molar-refractivity contribution is -0.137. The van der Waals surface area contributed by atoms with Crippen LogP contribution in [0.15, 0.2) is 67.0 Å². The van der Waals surface area contributed by atoms with Crippen LogP contribution in [0.4, 0.5) is 5.82 Å². The van der Waals surface area contributed by atoms with Gasteiger partial charge in [0.15, 0.2) is 0 Å². The van der Waals surface area contributed by atoms with Crippen LogP contribution in [0.1, 0.15) is 18.4 Å². The Hall–Kier alpha value is -3.41. The van der Waals surface area contributed by atoms with Gasteiger partial charge in [-0.15, -0.1) is 0 Å². The van der Waals surface area contributed by atoms with Crippen LogP contribution in [0.2, 0.25) is 0 Å². The highest BCUT2D eigenvalue weighted by atomic mass is 16.5. The normalized spacial score (nSPS) is 14.2. The maximum Gasteiger partial charge on any atom is 0.326 e. The van der Waals surface area contributed by atoms with Gasteiger partial charge in [0.25, 0.3) is 0 Å². The molecule has 1 aromatic heterocycles. The van der Waals surface area contributed by atoms with Gasteiger partial charge in [-0.05, 0) is 48.6 Å². The number of aliphatic carboxylic acids is 1. The molecule has 3 aromatic rings. The molecule has 1 fully saturated rings. The third-order valence-electron chi connectivity index (χ3n) is 4.90. The van der Waals surface area contributed by atoms with Crippen LogP contribution >= 0.6 is 0 Å². The van der Waals surface area contributed by atoms with E-state index in [0.717, 1.165) is 29.2 Å². The minimum absolute atomic E-state index is 0.364. The molecule has 1 atom stereocenters. The van der Waals surface area contributed by atoms with E-state index < -0.39 is 12.0 Å². The fourth-order valence-corrected chi connectivity index (χ4v) is 3.04. The molecule has 4 rings (SSSR count). The van der Waals surface area contributed by atoms with Gasteiger partial charge in [0.05, 0.1) is 12.3 Å². The van der Waals surface area contributed by atoms with E-state index >= 15 is 0 Å². The lowest BCUT2D eigenvalue weighted by Crippen LogP contribution is -2.31. The van der Waals surface area contributed by atoms with Gasteiger partial charge in [-0.25, -0.2) is 14.8 Å². The number of carbonyl (C=O) groups is 1. The molecule has 1 unspecified atom stereocenters. The number of anilines is 1. The molecule has 0 bridgehead atoms. The second kappa shape index (κ2) is 8.73. The molecule has 0 saturated heterocycles. The zero-order valence-electron chi connectivity index (χ0n) is 16.0. The van der Waals surface area contributed by atoms with E-state index in [1.807, 2.05) is 54.6 Å². The molecule has 1 saturated carbocycles. The van der Waals surface area contributed by atoms with E-state index in [0.29, 0.717) is 18.2 Å². The molecule has 1 aliphatic carbocycles. The summed E-state index contributed by atoms with van der Waals surface area (Å²) < 4.78 is 5.77. The summed E-state index contributed by atoms with van der Waals surface area (Å²) in [6.07, 6.45) is 4.33. The second-order valence-corrected chi connectivity index (χ2v) is 7.29. The van der Waals surface area contributed by atoms with Crippen LogP contribution in [-0.4, -0.2) is 33.7 Å². The fraction of sp³-hybridized carbons (Fsp3) is 0.261. The van der Waals surface area contributed by atoms with Crippen LogP contribution in [-0.2, 0) is 11.2 Å². The number of rotatable bonds is 9. The van der Waals surface area contributed by atoms with Crippen molar-refractivity contribution in [2.45, 2.75) is 25.3 Å². The Labute approximate surface area is 169 Å². The Morgan fingerprint density at radius 2 is 1.86 bits per heavy atom. The monoisotopic (exact) mass is 389 g/mol. The first-order valence-corrected chi connectivity index (χ1v) is 9.76. The number of nitrogens with one attached hydrogen (secondary N) is 1. The lowest BCUT2D eigenvalue weighted by Gasteiger charge is -2.15. The van der Waals surface area contributed by atoms with Gasteiger partial charge >= 0.3 is 5.97 Å². The van der Waals surface area contributed by atoms with Crippen molar-refractivity contribution in [1.29, 1.82) is 0 Å². The van der Waals surface area contributed by atoms with Crippen LogP contribution in [0, 0.1) is 5.92 Å². The molecular formula is C23H23N3O3. The number of nitrogens with zero attached hydrogens (tertiary/aromatic N) is 2. The average Bonchev–Trinajstić information content (AvgIpc) is 3.58. The minimum Gasteiger partial charge on any atom is -0.493 e. The predicted octanol–water partition coefficient (Wildman–Crippen LogP) is 4.04. The lowest BCUT2D eigenvalue weighted by atomic mass is 10.1. The van der Waals surface area contributed by atoms with E-state index in [2.05, 4.69) is 15.3 Å². The Morgan fingerprint density at radius 3 is 2.55 bits per heavy atom. The largest absolute Gasteiger partial charge is 0.493 e. The molecule has 0 amide bonds. The quantitative estimate of drug-likeness (QED) is 0.575. The number of ether oxygens (including phenoxy) is 1. The number of hydrogen-bond acceptors (Lipinski definition) is 5. The van der Waals surface area contributed by atoms with Crippen molar-refractivity contribution in [3.63, 3.8) is 0 Å². The number of carboxylic acids is 1. The van der Waals surface area contributed by atoms with Gasteiger partial charge in [-0.1, -0.05) is 30.3 Å². The zero-order chi connectivity index (χ0) is 20.1. The summed E-state index contributed by atoms with van der Waals surface area (Å²) in [5.41, 5.74) is 2.59. The van der Waals surface area contributed by atoms with Gasteiger partial charge in [0.1, 0.15) is 23.9 Å². The summed E-state index contributed by atoms with van der Waals surface area (Å²) in [5.74, 6) is 1.11. The zero-order valence-corrected chi connectivity index (χ0v) is 16.0. The first-order chi connectivity index (χ1) is 14.2. The molecule has 6 nitrogen and oxygen atoms in total. The molecule has 2 N–H and O–H groups in total. The van der Waals surface area contributed by atoms with Crippen LogP contribution < -0.4 is 10.1 Å². The predicted molar refractivity (Wildman–Crippen MR) is 111 cm³/mol. The summed E-state index contributed by atoms with van der Waals surface area (Å²) in [5, 5.41) is 12.6. The Kier molecular flexibility index (Phi) is 5.70. The standard InChI is InChI=1S/C23H23N3O3/c27-23(28)21(12-16-4-2-1-3-5-16)26-22-13-20(24-15-25-22)18-8-10-19(11-9-18)29-14-17-6-7-17/h1-5,8-11,13,15,17,21H,6-7,12,14H2,(H,27,28)(H,24,25,26). The number of aromatic nitrogens is 2. The number of hydrogen-bond donors (Lipinski definition) is 2. The van der Waals surface area contributed by atoms with Crippen molar-refractivity contribution in [2.75, 3.05) is 11.9 Å². The maximum absolute atomic E-state index is 11.7. The van der Waals surface area contributed by atoms with E-state index in [1.54, 1.807) is 6.07 Å². The fourth-order valence-electron chi connectivity index (χ4n) is 3.04. The summed E-state index contributed by atoms with van der Waals surface area (Å²) in [7, 11) is 0. The Morgan fingerprint density at radius 1 is 1.10 bits per heavy atom. The highest BCUT2D eigenvalue weighted by Crippen LogP contribution is 2.30. The van der Waals surface area contributed by atoms with Crippen molar-refractivity contribution in [2.24, 2.45) is 5.92 Å². The van der Waals surface area contributed by atoms with Crippen LogP contribution in [0.3, 0.4) is 0 Å². The summed E-state index contributed by atoms with van der Waals surface area (Å²) in [6, 6.07) is 18.3. The smallest absolute Gasteiger partial charge is 0.326 e. The van der Waals surface area contributed by atoms with Gasteiger partial charge in [-0.2, -0.15) is 0 Å². The summed E-state index contributed by atoms with van der Waals surface area (Å²) >= 11 is 0. The number of carboxylic acid groups (broad SMARTS) is 1. The van der Waals surface area contributed by atoms with E-state index in [1.165, 1.54) is 19.2 Å². The van der Waals surface area contributed by atoms with Gasteiger partial charge in [0.2, 0.25) is 0 Å². The first kappa shape index (κ1) is 18.9. The molecule has 0 radical (unpaired) electrons. The summed E-state index contributed by atoms with van der Waals surface area (Å²) in [4.78, 5) is 20.2. The maximum atomic E-state index is 11.7. The van der Waals surface area contributed by atoms with Crippen molar-refractivity contribution in [3.8, 4) is 17.0 Å². The molecule has 148 valence electrons. The van der Waals surface area contributed by atoms with Gasteiger partial charge in [-0.3, -0.25) is 0 Å². The van der Waals surface area contributed by atoms with E-state index in [-0.39, 0.29) is 0 Å². The van der Waals surface area contributed by atoms with Crippen LogP contribution in [0.5, 0.6) is 5.75 Å². The van der Waals surface area contributed by atoms with Crippen molar-refractivity contribution >= 4 is 11.8 Å². The van der Waals surface area contributed by atoms with Crippen molar-refractivity contribution < 1.29 is 14.6 Å². The molecule has 29 heavy (non-hydrogen) atoms. The average molecular weight is 389 g/mol. The van der Waals surface area contributed by atoms with Gasteiger partial charge < -0.3 is 15.2 Å². The summed E-state index contributed by atoms with van der Waals surface area (Å²) in [6.45, 7) is 0.777.